The summed E-state index contributed by atoms with van der Waals surface area (Å²) < 4.78 is 12.0. The van der Waals surface area contributed by atoms with Gasteiger partial charge in [-0.1, -0.05) is 0 Å². The van der Waals surface area contributed by atoms with Gasteiger partial charge < -0.3 is 5.11 Å². The zero-order chi connectivity index (χ0) is 10.3. The average Bonchev–Trinajstić information content (AvgIpc) is 2.02. The van der Waals surface area contributed by atoms with E-state index in [0.29, 0.717) is 19.5 Å². The number of nitrogens with zero attached hydrogens (tertiary/aromatic N) is 1. The quantitative estimate of drug-likeness (QED) is 0.663. The molecular formula is C9H18FNO2. The van der Waals surface area contributed by atoms with Crippen molar-refractivity contribution in [2.45, 2.75) is 32.7 Å². The SMILES string of the molecule is CC(C)N(CCF)CCCC(=O)O. The fourth-order valence-corrected chi connectivity index (χ4v) is 1.17. The lowest BCUT2D eigenvalue weighted by atomic mass is 10.2. The zero-order valence-corrected chi connectivity index (χ0v) is 8.29. The Morgan fingerprint density at radius 1 is 1.46 bits per heavy atom. The van der Waals surface area contributed by atoms with E-state index in [1.54, 1.807) is 0 Å². The van der Waals surface area contributed by atoms with Crippen LogP contribution >= 0.6 is 0 Å². The number of carboxylic acids is 1. The summed E-state index contributed by atoms with van der Waals surface area (Å²) in [7, 11) is 0. The molecule has 0 saturated heterocycles. The van der Waals surface area contributed by atoms with Gasteiger partial charge in [0.15, 0.2) is 0 Å². The molecule has 13 heavy (non-hydrogen) atoms. The van der Waals surface area contributed by atoms with Gasteiger partial charge in [-0.2, -0.15) is 0 Å². The van der Waals surface area contributed by atoms with Crippen molar-refractivity contribution in [3.05, 3.63) is 0 Å². The third-order valence-electron chi connectivity index (χ3n) is 1.94. The molecule has 3 nitrogen and oxygen atoms in total. The minimum Gasteiger partial charge on any atom is -0.481 e. The highest BCUT2D eigenvalue weighted by Crippen LogP contribution is 2.01. The second kappa shape index (κ2) is 6.83. The summed E-state index contributed by atoms with van der Waals surface area (Å²) in [6, 6.07) is 0.282. The molecule has 0 saturated carbocycles. The molecule has 0 aliphatic heterocycles. The first-order valence-electron chi connectivity index (χ1n) is 4.59. The lowest BCUT2D eigenvalue weighted by molar-refractivity contribution is -0.137. The van der Waals surface area contributed by atoms with E-state index in [4.69, 9.17) is 5.11 Å². The molecule has 0 aliphatic rings. The molecule has 0 spiro atoms. The Kier molecular flexibility index (Phi) is 6.49. The van der Waals surface area contributed by atoms with Crippen LogP contribution in [0.1, 0.15) is 26.7 Å². The number of carbonyl (C=O) groups is 1. The molecule has 0 aromatic carbocycles. The van der Waals surface area contributed by atoms with Crippen molar-refractivity contribution < 1.29 is 14.3 Å². The van der Waals surface area contributed by atoms with Crippen molar-refractivity contribution in [3.8, 4) is 0 Å². The van der Waals surface area contributed by atoms with E-state index in [9.17, 15) is 9.18 Å². The predicted molar refractivity (Wildman–Crippen MR) is 49.6 cm³/mol. The van der Waals surface area contributed by atoms with Gasteiger partial charge in [-0.05, 0) is 26.8 Å². The van der Waals surface area contributed by atoms with Crippen LogP contribution < -0.4 is 0 Å². The molecule has 0 rings (SSSR count). The Hall–Kier alpha value is -0.640. The summed E-state index contributed by atoms with van der Waals surface area (Å²) in [5, 5.41) is 8.40. The van der Waals surface area contributed by atoms with Gasteiger partial charge in [0.05, 0.1) is 0 Å². The number of hydrogen-bond donors (Lipinski definition) is 1. The minimum absolute atomic E-state index is 0.162. The van der Waals surface area contributed by atoms with Crippen LogP contribution in [0.5, 0.6) is 0 Å². The van der Waals surface area contributed by atoms with E-state index >= 15 is 0 Å². The van der Waals surface area contributed by atoms with Crippen LogP contribution in [0.25, 0.3) is 0 Å². The predicted octanol–water partition coefficient (Wildman–Crippen LogP) is 1.53. The summed E-state index contributed by atoms with van der Waals surface area (Å²) >= 11 is 0. The molecule has 0 aromatic rings. The van der Waals surface area contributed by atoms with Crippen molar-refractivity contribution in [2.75, 3.05) is 19.8 Å². The monoisotopic (exact) mass is 191 g/mol. The Morgan fingerprint density at radius 3 is 2.46 bits per heavy atom. The molecular weight excluding hydrogens is 173 g/mol. The van der Waals surface area contributed by atoms with E-state index in [2.05, 4.69) is 0 Å². The molecule has 0 bridgehead atoms. The van der Waals surface area contributed by atoms with Crippen molar-refractivity contribution >= 4 is 5.97 Å². The van der Waals surface area contributed by atoms with Crippen LogP contribution in [0.2, 0.25) is 0 Å². The Labute approximate surface area is 78.5 Å². The van der Waals surface area contributed by atoms with Crippen molar-refractivity contribution in [1.29, 1.82) is 0 Å². The topological polar surface area (TPSA) is 40.5 Å². The summed E-state index contributed by atoms with van der Waals surface area (Å²) in [6.45, 7) is 4.66. The summed E-state index contributed by atoms with van der Waals surface area (Å²) in [5.41, 5.74) is 0. The van der Waals surface area contributed by atoms with Crippen LogP contribution in [-0.2, 0) is 4.79 Å². The Morgan fingerprint density at radius 2 is 2.08 bits per heavy atom. The summed E-state index contributed by atoms with van der Waals surface area (Å²) in [4.78, 5) is 12.2. The Bertz CT molecular complexity index is 151. The van der Waals surface area contributed by atoms with Gasteiger partial charge in [-0.3, -0.25) is 9.69 Å². The van der Waals surface area contributed by atoms with Crippen LogP contribution in [-0.4, -0.2) is 41.8 Å². The van der Waals surface area contributed by atoms with Crippen LogP contribution in [0.3, 0.4) is 0 Å². The van der Waals surface area contributed by atoms with Crippen LogP contribution in [0.4, 0.5) is 4.39 Å². The molecule has 0 atom stereocenters. The van der Waals surface area contributed by atoms with Gasteiger partial charge >= 0.3 is 5.97 Å². The molecule has 1 N–H and O–H groups in total. The fraction of sp³-hybridized carbons (Fsp3) is 0.889. The van der Waals surface area contributed by atoms with E-state index in [-0.39, 0.29) is 19.1 Å². The van der Waals surface area contributed by atoms with Crippen molar-refractivity contribution in [2.24, 2.45) is 0 Å². The molecule has 0 fully saturated rings. The third kappa shape index (κ3) is 6.51. The molecule has 0 radical (unpaired) electrons. The van der Waals surface area contributed by atoms with Crippen LogP contribution in [0, 0.1) is 0 Å². The number of halogens is 1. The van der Waals surface area contributed by atoms with Gasteiger partial charge in [-0.15, -0.1) is 0 Å². The first kappa shape index (κ1) is 12.4. The maximum Gasteiger partial charge on any atom is 0.303 e. The van der Waals surface area contributed by atoms with Gasteiger partial charge in [0.1, 0.15) is 6.67 Å². The van der Waals surface area contributed by atoms with Gasteiger partial charge in [0.25, 0.3) is 0 Å². The smallest absolute Gasteiger partial charge is 0.303 e. The molecule has 0 aliphatic carbocycles. The fourth-order valence-electron chi connectivity index (χ4n) is 1.17. The highest BCUT2D eigenvalue weighted by atomic mass is 19.1. The second-order valence-corrected chi connectivity index (χ2v) is 3.32. The van der Waals surface area contributed by atoms with E-state index < -0.39 is 5.97 Å². The van der Waals surface area contributed by atoms with Crippen molar-refractivity contribution in [3.63, 3.8) is 0 Å². The number of carboxylic acid groups (broad SMARTS) is 1. The van der Waals surface area contributed by atoms with Gasteiger partial charge in [0.2, 0.25) is 0 Å². The first-order valence-corrected chi connectivity index (χ1v) is 4.59. The molecule has 4 heteroatoms. The van der Waals surface area contributed by atoms with E-state index in [1.165, 1.54) is 0 Å². The van der Waals surface area contributed by atoms with E-state index in [1.807, 2.05) is 18.7 Å². The average molecular weight is 191 g/mol. The van der Waals surface area contributed by atoms with Crippen LogP contribution in [0.15, 0.2) is 0 Å². The van der Waals surface area contributed by atoms with Crippen molar-refractivity contribution in [1.82, 2.24) is 4.90 Å². The second-order valence-electron chi connectivity index (χ2n) is 3.32. The van der Waals surface area contributed by atoms with Gasteiger partial charge in [-0.25, -0.2) is 4.39 Å². The first-order chi connectivity index (χ1) is 6.07. The maximum absolute atomic E-state index is 12.0. The highest BCUT2D eigenvalue weighted by molar-refractivity contribution is 5.66. The third-order valence-corrected chi connectivity index (χ3v) is 1.94. The molecule has 78 valence electrons. The highest BCUT2D eigenvalue weighted by Gasteiger charge is 2.08. The number of rotatable bonds is 7. The summed E-state index contributed by atoms with van der Waals surface area (Å²) in [6.07, 6.45) is 0.753. The van der Waals surface area contributed by atoms with E-state index in [0.717, 1.165) is 0 Å². The number of hydrogen-bond acceptors (Lipinski definition) is 2. The number of aliphatic carboxylic acids is 1. The molecule has 0 aromatic heterocycles. The Balaban J connectivity index is 3.62. The molecule has 0 unspecified atom stereocenters. The normalized spacial score (nSPS) is 11.2. The molecule has 0 amide bonds. The largest absolute Gasteiger partial charge is 0.481 e. The maximum atomic E-state index is 12.0. The molecule has 0 heterocycles. The lowest BCUT2D eigenvalue weighted by Gasteiger charge is -2.24. The lowest BCUT2D eigenvalue weighted by Crippen LogP contribution is -2.33. The zero-order valence-electron chi connectivity index (χ0n) is 8.29. The standard InChI is InChI=1S/C9H18FNO2/c1-8(2)11(7-5-10)6-3-4-9(12)13/h8H,3-7H2,1-2H3,(H,12,13). The van der Waals surface area contributed by atoms with Gasteiger partial charge in [0, 0.05) is 19.0 Å². The minimum atomic E-state index is -0.788. The number of alkyl halides is 1. The summed E-state index contributed by atoms with van der Waals surface area (Å²) in [5.74, 6) is -0.788.